The number of nitrogens with zero attached hydrogens (tertiary/aromatic N) is 2. The second-order valence-corrected chi connectivity index (χ2v) is 3.93. The second-order valence-electron chi connectivity index (χ2n) is 3.93. The monoisotopic (exact) mass is 172 g/mol. The minimum absolute atomic E-state index is 0.0506. The lowest BCUT2D eigenvalue weighted by atomic mass is 10.3. The summed E-state index contributed by atoms with van der Waals surface area (Å²) < 4.78 is 1.02. The first-order valence-corrected chi connectivity index (χ1v) is 4.34. The molecule has 2 amide bonds. The Bertz CT molecular complexity index is 169. The minimum Gasteiger partial charge on any atom is -0.341 e. The predicted molar refractivity (Wildman–Crippen MR) is 47.9 cm³/mol. The van der Waals surface area contributed by atoms with E-state index in [0.29, 0.717) is 0 Å². The first kappa shape index (κ1) is 9.32. The normalized spacial score (nSPS) is 22.1. The Balaban J connectivity index is 2.41. The van der Waals surface area contributed by atoms with Gasteiger partial charge in [0.1, 0.15) is 0 Å². The highest BCUT2D eigenvalue weighted by Gasteiger charge is 2.26. The molecule has 0 unspecified atom stereocenters. The van der Waals surface area contributed by atoms with Crippen LogP contribution in [0.25, 0.3) is 0 Å². The summed E-state index contributed by atoms with van der Waals surface area (Å²) in [6.07, 6.45) is 0. The molecular weight excluding hydrogens is 154 g/mol. The number of piperazine rings is 1. The zero-order valence-corrected chi connectivity index (χ0v) is 8.13. The largest absolute Gasteiger partial charge is 0.341 e. The minimum atomic E-state index is 0.0506. The topological polar surface area (TPSA) is 32.3 Å². The van der Waals surface area contributed by atoms with E-state index in [1.54, 1.807) is 7.05 Å². The summed E-state index contributed by atoms with van der Waals surface area (Å²) in [4.78, 5) is 13.1. The highest BCUT2D eigenvalue weighted by atomic mass is 16.2. The van der Waals surface area contributed by atoms with Crippen LogP contribution in [0.1, 0.15) is 0 Å². The number of amides is 2. The molecule has 0 bridgehead atoms. The lowest BCUT2D eigenvalue weighted by Crippen LogP contribution is -2.57. The van der Waals surface area contributed by atoms with Gasteiger partial charge in [-0.15, -0.1) is 0 Å². The van der Waals surface area contributed by atoms with Crippen molar-refractivity contribution in [1.29, 1.82) is 0 Å². The zero-order valence-electron chi connectivity index (χ0n) is 8.13. The molecule has 0 atom stereocenters. The third-order valence-corrected chi connectivity index (χ3v) is 2.45. The van der Waals surface area contributed by atoms with Crippen LogP contribution in [-0.4, -0.2) is 62.7 Å². The Kier molecular flexibility index (Phi) is 2.57. The molecule has 0 aliphatic carbocycles. The van der Waals surface area contributed by atoms with Gasteiger partial charge in [-0.1, -0.05) is 0 Å². The van der Waals surface area contributed by atoms with E-state index >= 15 is 0 Å². The molecule has 1 heterocycles. The van der Waals surface area contributed by atoms with Crippen LogP contribution < -0.4 is 5.32 Å². The van der Waals surface area contributed by atoms with E-state index in [0.717, 1.165) is 30.7 Å². The Morgan fingerprint density at radius 3 is 2.25 bits per heavy atom. The number of quaternary nitrogens is 1. The summed E-state index contributed by atoms with van der Waals surface area (Å²) >= 11 is 0. The predicted octanol–water partition coefficient (Wildman–Crippen LogP) is -0.282. The highest BCUT2D eigenvalue weighted by Crippen LogP contribution is 2.05. The van der Waals surface area contributed by atoms with Crippen LogP contribution in [-0.2, 0) is 0 Å². The van der Waals surface area contributed by atoms with Crippen LogP contribution in [0.5, 0.6) is 0 Å². The molecule has 1 N–H and O–H groups in total. The number of carbonyl (C=O) groups is 1. The summed E-state index contributed by atoms with van der Waals surface area (Å²) in [6.45, 7) is 3.83. The molecule has 1 fully saturated rings. The van der Waals surface area contributed by atoms with E-state index in [1.165, 1.54) is 0 Å². The molecule has 12 heavy (non-hydrogen) atoms. The van der Waals surface area contributed by atoms with E-state index in [1.807, 2.05) is 4.90 Å². The van der Waals surface area contributed by atoms with Gasteiger partial charge in [0.05, 0.1) is 40.3 Å². The van der Waals surface area contributed by atoms with Gasteiger partial charge < -0.3 is 14.7 Å². The van der Waals surface area contributed by atoms with E-state index in [4.69, 9.17) is 0 Å². The van der Waals surface area contributed by atoms with Crippen LogP contribution >= 0.6 is 0 Å². The first-order valence-electron chi connectivity index (χ1n) is 4.34. The van der Waals surface area contributed by atoms with Crippen molar-refractivity contribution in [2.45, 2.75) is 0 Å². The zero-order chi connectivity index (χ0) is 9.19. The smallest absolute Gasteiger partial charge is 0.317 e. The molecule has 0 radical (unpaired) electrons. The molecule has 0 aromatic heterocycles. The Morgan fingerprint density at radius 2 is 1.83 bits per heavy atom. The summed E-state index contributed by atoms with van der Waals surface area (Å²) in [7, 11) is 6.07. The Morgan fingerprint density at radius 1 is 1.33 bits per heavy atom. The molecule has 0 aromatic rings. The van der Waals surface area contributed by atoms with E-state index < -0.39 is 0 Å². The van der Waals surface area contributed by atoms with Gasteiger partial charge in [-0.3, -0.25) is 0 Å². The molecule has 4 heteroatoms. The fourth-order valence-corrected chi connectivity index (χ4v) is 1.37. The fourth-order valence-electron chi connectivity index (χ4n) is 1.37. The number of carbonyl (C=O) groups excluding carboxylic acids is 1. The lowest BCUT2D eigenvalue weighted by Gasteiger charge is -2.38. The quantitative estimate of drug-likeness (QED) is 0.501. The number of nitrogens with one attached hydrogen (secondary N) is 1. The fraction of sp³-hybridized carbons (Fsp3) is 0.875. The van der Waals surface area contributed by atoms with E-state index in [-0.39, 0.29) is 6.03 Å². The number of urea groups is 1. The lowest BCUT2D eigenvalue weighted by molar-refractivity contribution is -0.894. The molecule has 1 saturated heterocycles. The molecule has 0 aromatic carbocycles. The van der Waals surface area contributed by atoms with E-state index in [9.17, 15) is 4.79 Å². The number of hydrogen-bond acceptors (Lipinski definition) is 1. The number of likely N-dealkylation sites (N-methyl/N-ethyl adjacent to an activating group) is 1. The van der Waals surface area contributed by atoms with Gasteiger partial charge in [0.2, 0.25) is 0 Å². The van der Waals surface area contributed by atoms with Crippen molar-refractivity contribution >= 4 is 6.03 Å². The van der Waals surface area contributed by atoms with Crippen molar-refractivity contribution in [3.8, 4) is 0 Å². The third-order valence-electron chi connectivity index (χ3n) is 2.45. The number of rotatable bonds is 0. The average Bonchev–Trinajstić information content (AvgIpc) is 2.03. The molecule has 1 aliphatic heterocycles. The molecule has 4 nitrogen and oxygen atoms in total. The van der Waals surface area contributed by atoms with Gasteiger partial charge in [0.15, 0.2) is 0 Å². The summed E-state index contributed by atoms with van der Waals surface area (Å²) in [5.41, 5.74) is 0. The Labute approximate surface area is 73.7 Å². The summed E-state index contributed by atoms with van der Waals surface area (Å²) in [5.74, 6) is 0. The SMILES string of the molecule is CNC(=O)N1CC[N+](C)(C)CC1. The van der Waals surface area contributed by atoms with Crippen molar-refractivity contribution in [3.63, 3.8) is 0 Å². The van der Waals surface area contributed by atoms with Gasteiger partial charge in [0, 0.05) is 7.05 Å². The van der Waals surface area contributed by atoms with Crippen LogP contribution in [0.2, 0.25) is 0 Å². The van der Waals surface area contributed by atoms with E-state index in [2.05, 4.69) is 19.4 Å². The van der Waals surface area contributed by atoms with Crippen LogP contribution in [0.15, 0.2) is 0 Å². The molecule has 70 valence electrons. The van der Waals surface area contributed by atoms with Crippen molar-refractivity contribution in [3.05, 3.63) is 0 Å². The van der Waals surface area contributed by atoms with Crippen LogP contribution in [0.3, 0.4) is 0 Å². The Hall–Kier alpha value is -0.770. The summed E-state index contributed by atoms with van der Waals surface area (Å²) in [5, 5.41) is 2.64. The molecule has 0 spiro atoms. The van der Waals surface area contributed by atoms with Gasteiger partial charge in [-0.05, 0) is 0 Å². The van der Waals surface area contributed by atoms with Crippen LogP contribution in [0, 0.1) is 0 Å². The maximum Gasteiger partial charge on any atom is 0.317 e. The second kappa shape index (κ2) is 3.31. The van der Waals surface area contributed by atoms with Gasteiger partial charge in [-0.2, -0.15) is 0 Å². The molecule has 1 rings (SSSR count). The van der Waals surface area contributed by atoms with Crippen molar-refractivity contribution in [2.75, 3.05) is 47.3 Å². The maximum atomic E-state index is 11.2. The van der Waals surface area contributed by atoms with Crippen molar-refractivity contribution < 1.29 is 9.28 Å². The molecule has 0 saturated carbocycles. The molecule has 1 aliphatic rings. The van der Waals surface area contributed by atoms with Crippen molar-refractivity contribution in [2.24, 2.45) is 0 Å². The summed E-state index contributed by atoms with van der Waals surface area (Å²) in [6, 6.07) is 0.0506. The number of hydrogen-bond donors (Lipinski definition) is 1. The standard InChI is InChI=1S/C8H17N3O/c1-9-8(12)10-4-6-11(2,3)7-5-10/h4-7H2,1-3H3/p+1. The van der Waals surface area contributed by atoms with Gasteiger partial charge >= 0.3 is 6.03 Å². The average molecular weight is 172 g/mol. The maximum absolute atomic E-state index is 11.2. The van der Waals surface area contributed by atoms with Crippen molar-refractivity contribution in [1.82, 2.24) is 10.2 Å². The van der Waals surface area contributed by atoms with Gasteiger partial charge in [0.25, 0.3) is 0 Å². The van der Waals surface area contributed by atoms with Crippen LogP contribution in [0.4, 0.5) is 4.79 Å². The highest BCUT2D eigenvalue weighted by molar-refractivity contribution is 5.73. The molecular formula is C8H18N3O+. The van der Waals surface area contributed by atoms with Gasteiger partial charge in [-0.25, -0.2) is 4.79 Å². The first-order chi connectivity index (χ1) is 5.55. The third kappa shape index (κ3) is 2.11.